The van der Waals surface area contributed by atoms with E-state index in [9.17, 15) is 4.79 Å². The fourth-order valence-electron chi connectivity index (χ4n) is 3.74. The van der Waals surface area contributed by atoms with Crippen molar-refractivity contribution in [1.29, 1.82) is 0 Å². The number of fused-ring (bicyclic) bond motifs is 1. The van der Waals surface area contributed by atoms with E-state index in [-0.39, 0.29) is 6.03 Å². The molecule has 0 aliphatic carbocycles. The Morgan fingerprint density at radius 2 is 1.92 bits per heavy atom. The zero-order chi connectivity index (χ0) is 17.2. The number of nitrogens with one attached hydrogen (secondary N) is 1. The smallest absolute Gasteiger partial charge is 0.317 e. The molecule has 2 saturated heterocycles. The molecule has 4 rings (SSSR count). The first kappa shape index (κ1) is 16.0. The highest BCUT2D eigenvalue weighted by Gasteiger charge is 2.35. The van der Waals surface area contributed by atoms with Gasteiger partial charge in [0.05, 0.1) is 13.2 Å². The number of hydrogen-bond acceptors (Lipinski definition) is 3. The molecule has 25 heavy (non-hydrogen) atoms. The summed E-state index contributed by atoms with van der Waals surface area (Å²) < 4.78 is 5.45. The maximum absolute atomic E-state index is 11.7. The van der Waals surface area contributed by atoms with Crippen LogP contribution in [0.5, 0.6) is 5.75 Å². The van der Waals surface area contributed by atoms with Crippen molar-refractivity contribution in [2.45, 2.75) is 12.6 Å². The Morgan fingerprint density at radius 3 is 2.72 bits per heavy atom. The summed E-state index contributed by atoms with van der Waals surface area (Å²) in [6, 6.07) is 17.2. The molecule has 0 saturated carbocycles. The minimum absolute atomic E-state index is 0.0887. The van der Waals surface area contributed by atoms with Crippen molar-refractivity contribution in [3.8, 4) is 16.9 Å². The van der Waals surface area contributed by atoms with Gasteiger partial charge in [-0.15, -0.1) is 0 Å². The van der Waals surface area contributed by atoms with E-state index in [4.69, 9.17) is 4.74 Å². The number of benzene rings is 2. The molecule has 0 bridgehead atoms. The van der Waals surface area contributed by atoms with Crippen LogP contribution in [0.2, 0.25) is 0 Å². The number of ether oxygens (including phenoxy) is 1. The third kappa shape index (κ3) is 3.20. The van der Waals surface area contributed by atoms with Crippen molar-refractivity contribution < 1.29 is 9.53 Å². The van der Waals surface area contributed by atoms with Gasteiger partial charge >= 0.3 is 6.03 Å². The van der Waals surface area contributed by atoms with Crippen LogP contribution in [0.15, 0.2) is 48.5 Å². The Bertz CT molecular complexity index is 760. The second-order valence-electron chi connectivity index (χ2n) is 6.67. The standard InChI is InChI=1S/C20H23N3O2/c1-25-19-5-3-2-4-18(19)16-8-6-15(7-9-16)13-22-10-11-23-17(14-22)12-21-20(23)24/h2-9,17H,10-14H2,1H3,(H,21,24). The van der Waals surface area contributed by atoms with Gasteiger partial charge in [0.1, 0.15) is 5.75 Å². The number of rotatable bonds is 4. The molecule has 0 radical (unpaired) electrons. The number of carbonyl (C=O) groups is 1. The minimum atomic E-state index is 0.0887. The first-order valence-electron chi connectivity index (χ1n) is 8.74. The maximum atomic E-state index is 11.7. The van der Waals surface area contributed by atoms with Crippen molar-refractivity contribution in [3.05, 3.63) is 54.1 Å². The summed E-state index contributed by atoms with van der Waals surface area (Å²) in [7, 11) is 1.70. The highest BCUT2D eigenvalue weighted by Crippen LogP contribution is 2.29. The van der Waals surface area contributed by atoms with Gasteiger partial charge in [-0.3, -0.25) is 4.90 Å². The van der Waals surface area contributed by atoms with Gasteiger partial charge < -0.3 is 15.0 Å². The quantitative estimate of drug-likeness (QED) is 0.933. The molecule has 1 N–H and O–H groups in total. The Balaban J connectivity index is 1.44. The van der Waals surface area contributed by atoms with Crippen molar-refractivity contribution in [1.82, 2.24) is 15.1 Å². The first-order valence-corrected chi connectivity index (χ1v) is 8.74. The molecular weight excluding hydrogens is 314 g/mol. The van der Waals surface area contributed by atoms with E-state index in [2.05, 4.69) is 40.5 Å². The highest BCUT2D eigenvalue weighted by atomic mass is 16.5. The predicted molar refractivity (Wildman–Crippen MR) is 97.6 cm³/mol. The maximum Gasteiger partial charge on any atom is 0.317 e. The van der Waals surface area contributed by atoms with Crippen LogP contribution in [0, 0.1) is 0 Å². The SMILES string of the molecule is COc1ccccc1-c1ccc(CN2CCN3C(=O)NCC3C2)cc1. The molecule has 1 unspecified atom stereocenters. The van der Waals surface area contributed by atoms with E-state index < -0.39 is 0 Å². The predicted octanol–water partition coefficient (Wildman–Crippen LogP) is 2.57. The van der Waals surface area contributed by atoms with Gasteiger partial charge in [0.15, 0.2) is 0 Å². The lowest BCUT2D eigenvalue weighted by Gasteiger charge is -2.36. The van der Waals surface area contributed by atoms with E-state index in [0.29, 0.717) is 6.04 Å². The Labute approximate surface area is 148 Å². The molecule has 2 aromatic carbocycles. The number of hydrogen-bond donors (Lipinski definition) is 1. The molecule has 2 aliphatic rings. The largest absolute Gasteiger partial charge is 0.496 e. The van der Waals surface area contributed by atoms with Gasteiger partial charge in [0.25, 0.3) is 0 Å². The minimum Gasteiger partial charge on any atom is -0.496 e. The zero-order valence-corrected chi connectivity index (χ0v) is 14.4. The van der Waals surface area contributed by atoms with Crippen LogP contribution < -0.4 is 10.1 Å². The molecule has 2 fully saturated rings. The molecule has 130 valence electrons. The fraction of sp³-hybridized carbons (Fsp3) is 0.350. The summed E-state index contributed by atoms with van der Waals surface area (Å²) in [6.45, 7) is 4.37. The second kappa shape index (κ2) is 6.76. The average Bonchev–Trinajstić information content (AvgIpc) is 3.03. The number of piperazine rings is 1. The van der Waals surface area contributed by atoms with Crippen LogP contribution in [0.3, 0.4) is 0 Å². The number of nitrogens with zero attached hydrogens (tertiary/aromatic N) is 2. The molecule has 5 heteroatoms. The number of carbonyl (C=O) groups excluding carboxylic acids is 1. The normalized spacial score (nSPS) is 20.3. The highest BCUT2D eigenvalue weighted by molar-refractivity contribution is 5.77. The van der Waals surface area contributed by atoms with Crippen molar-refractivity contribution in [3.63, 3.8) is 0 Å². The summed E-state index contributed by atoms with van der Waals surface area (Å²) in [5.74, 6) is 0.893. The lowest BCUT2D eigenvalue weighted by atomic mass is 10.0. The molecule has 2 amide bonds. The van der Waals surface area contributed by atoms with E-state index in [1.807, 2.05) is 23.1 Å². The van der Waals surface area contributed by atoms with Gasteiger partial charge in [-0.1, -0.05) is 42.5 Å². The zero-order valence-electron chi connectivity index (χ0n) is 14.4. The first-order chi connectivity index (χ1) is 12.2. The Hall–Kier alpha value is -2.53. The van der Waals surface area contributed by atoms with E-state index in [1.165, 1.54) is 5.56 Å². The lowest BCUT2D eigenvalue weighted by Crippen LogP contribution is -2.51. The van der Waals surface area contributed by atoms with E-state index in [1.54, 1.807) is 7.11 Å². The molecular formula is C20H23N3O2. The summed E-state index contributed by atoms with van der Waals surface area (Å²) in [5.41, 5.74) is 3.57. The topological polar surface area (TPSA) is 44.8 Å². The molecule has 2 aromatic rings. The van der Waals surface area contributed by atoms with E-state index in [0.717, 1.165) is 49.6 Å². The average molecular weight is 337 g/mol. The molecule has 5 nitrogen and oxygen atoms in total. The molecule has 1 atom stereocenters. The van der Waals surface area contributed by atoms with Crippen molar-refractivity contribution in [2.24, 2.45) is 0 Å². The summed E-state index contributed by atoms with van der Waals surface area (Å²) in [6.07, 6.45) is 0. The number of amides is 2. The van der Waals surface area contributed by atoms with Crippen molar-refractivity contribution in [2.75, 3.05) is 33.3 Å². The number of urea groups is 1. The van der Waals surface area contributed by atoms with Crippen molar-refractivity contribution >= 4 is 6.03 Å². The third-order valence-corrected chi connectivity index (χ3v) is 5.09. The van der Waals surface area contributed by atoms with E-state index >= 15 is 0 Å². The number of para-hydroxylation sites is 1. The van der Waals surface area contributed by atoms with Gasteiger partial charge in [-0.25, -0.2) is 4.79 Å². The summed E-state index contributed by atoms with van der Waals surface area (Å²) in [4.78, 5) is 16.1. The van der Waals surface area contributed by atoms with Gasteiger partial charge in [0.2, 0.25) is 0 Å². The Morgan fingerprint density at radius 1 is 1.12 bits per heavy atom. The van der Waals surface area contributed by atoms with Gasteiger partial charge in [0, 0.05) is 38.3 Å². The van der Waals surface area contributed by atoms with Gasteiger partial charge in [-0.05, 0) is 17.2 Å². The van der Waals surface area contributed by atoms with Crippen LogP contribution >= 0.6 is 0 Å². The lowest BCUT2D eigenvalue weighted by molar-refractivity contribution is 0.116. The van der Waals surface area contributed by atoms with Crippen LogP contribution in [0.25, 0.3) is 11.1 Å². The molecule has 2 heterocycles. The second-order valence-corrected chi connectivity index (χ2v) is 6.67. The molecule has 2 aliphatic heterocycles. The van der Waals surface area contributed by atoms with Crippen LogP contribution in [-0.2, 0) is 6.54 Å². The van der Waals surface area contributed by atoms with Crippen LogP contribution in [-0.4, -0.2) is 55.2 Å². The summed E-state index contributed by atoms with van der Waals surface area (Å²) >= 11 is 0. The summed E-state index contributed by atoms with van der Waals surface area (Å²) in [5, 5.41) is 2.93. The van der Waals surface area contributed by atoms with Crippen LogP contribution in [0.4, 0.5) is 4.79 Å². The third-order valence-electron chi connectivity index (χ3n) is 5.09. The monoisotopic (exact) mass is 337 g/mol. The fourth-order valence-corrected chi connectivity index (χ4v) is 3.74. The molecule has 0 spiro atoms. The molecule has 0 aromatic heterocycles. The number of methoxy groups -OCH3 is 1. The Kier molecular flexibility index (Phi) is 4.32. The van der Waals surface area contributed by atoms with Gasteiger partial charge in [-0.2, -0.15) is 0 Å². The van der Waals surface area contributed by atoms with Crippen LogP contribution in [0.1, 0.15) is 5.56 Å².